The maximum atomic E-state index is 4.92. The molecule has 0 aliphatic heterocycles. The molecule has 4 aromatic rings. The lowest BCUT2D eigenvalue weighted by molar-refractivity contribution is 0.902. The monoisotopic (exact) mass is 375 g/mol. The Kier molecular flexibility index (Phi) is 5.72. The van der Waals surface area contributed by atoms with Gasteiger partial charge in [-0.3, -0.25) is 0 Å². The molecule has 27 heavy (non-hydrogen) atoms. The first kappa shape index (κ1) is 18.9. The summed E-state index contributed by atoms with van der Waals surface area (Å²) in [5.74, 6) is 1.72. The van der Waals surface area contributed by atoms with Crippen LogP contribution in [0.5, 0.6) is 0 Å². The fourth-order valence-corrected chi connectivity index (χ4v) is 3.20. The van der Waals surface area contributed by atoms with Gasteiger partial charge in [0, 0.05) is 24.5 Å². The van der Waals surface area contributed by atoms with Crippen molar-refractivity contribution in [3.05, 3.63) is 90.0 Å². The molecular weight excluding hydrogens is 354 g/mol. The summed E-state index contributed by atoms with van der Waals surface area (Å²) >= 11 is 0. The predicted octanol–water partition coefficient (Wildman–Crippen LogP) is 5.66. The molecule has 3 nitrogen and oxygen atoms in total. The highest BCUT2D eigenvalue weighted by Gasteiger charge is 2.13. The lowest BCUT2D eigenvalue weighted by Gasteiger charge is -2.21. The topological polar surface area (TPSA) is 29.0 Å². The summed E-state index contributed by atoms with van der Waals surface area (Å²) in [5.41, 5.74) is 4.48. The lowest BCUT2D eigenvalue weighted by Crippen LogP contribution is -2.18. The Morgan fingerprint density at radius 3 is 2.33 bits per heavy atom. The van der Waals surface area contributed by atoms with E-state index in [4.69, 9.17) is 9.97 Å². The summed E-state index contributed by atoms with van der Waals surface area (Å²) in [4.78, 5) is 11.9. The molecule has 3 aromatic carbocycles. The Bertz CT molecular complexity index is 1050. The first-order chi connectivity index (χ1) is 12.7. The van der Waals surface area contributed by atoms with Crippen molar-refractivity contribution in [1.29, 1.82) is 0 Å². The van der Waals surface area contributed by atoms with E-state index < -0.39 is 0 Å². The largest absolute Gasteiger partial charge is 0.355 e. The van der Waals surface area contributed by atoms with Crippen molar-refractivity contribution in [3.63, 3.8) is 0 Å². The number of aromatic nitrogens is 2. The molecule has 4 heteroatoms. The number of anilines is 1. The maximum absolute atomic E-state index is 4.92. The zero-order valence-corrected chi connectivity index (χ0v) is 16.3. The molecule has 0 unspecified atom stereocenters. The van der Waals surface area contributed by atoms with Crippen LogP contribution in [0.3, 0.4) is 0 Å². The summed E-state index contributed by atoms with van der Waals surface area (Å²) in [7, 11) is 2.09. The van der Waals surface area contributed by atoms with E-state index in [1.807, 2.05) is 18.2 Å². The minimum Gasteiger partial charge on any atom is -0.355 e. The molecule has 0 amide bonds. The number of benzene rings is 3. The fourth-order valence-electron chi connectivity index (χ4n) is 3.20. The zero-order chi connectivity index (χ0) is 17.9. The third-order valence-electron chi connectivity index (χ3n) is 4.48. The molecule has 1 aromatic heterocycles. The van der Waals surface area contributed by atoms with Crippen LogP contribution in [0.25, 0.3) is 22.3 Å². The van der Waals surface area contributed by atoms with E-state index in [1.165, 1.54) is 11.1 Å². The van der Waals surface area contributed by atoms with Crippen molar-refractivity contribution in [2.24, 2.45) is 0 Å². The minimum absolute atomic E-state index is 0. The maximum Gasteiger partial charge on any atom is 0.162 e. The van der Waals surface area contributed by atoms with Gasteiger partial charge in [-0.05, 0) is 30.7 Å². The second-order valence-electron chi connectivity index (χ2n) is 6.60. The highest BCUT2D eigenvalue weighted by molar-refractivity contribution is 5.91. The summed E-state index contributed by atoms with van der Waals surface area (Å²) in [6, 6.07) is 27.0. The Balaban J connectivity index is 0.00000210. The number of rotatable bonds is 4. The number of aryl methyl sites for hydroxylation is 1. The summed E-state index contributed by atoms with van der Waals surface area (Å²) < 4.78 is 0. The van der Waals surface area contributed by atoms with Gasteiger partial charge in [-0.15, -0.1) is 12.4 Å². The van der Waals surface area contributed by atoms with E-state index >= 15 is 0 Å². The predicted molar refractivity (Wildman–Crippen MR) is 116 cm³/mol. The average molecular weight is 376 g/mol. The third-order valence-corrected chi connectivity index (χ3v) is 4.48. The van der Waals surface area contributed by atoms with E-state index in [-0.39, 0.29) is 12.4 Å². The highest BCUT2D eigenvalue weighted by atomic mass is 35.5. The average Bonchev–Trinajstić information content (AvgIpc) is 2.68. The molecular formula is C23H22ClN3. The van der Waals surface area contributed by atoms with Gasteiger partial charge in [-0.2, -0.15) is 0 Å². The first-order valence-corrected chi connectivity index (χ1v) is 8.79. The summed E-state index contributed by atoms with van der Waals surface area (Å²) in [5, 5.41) is 1.07. The van der Waals surface area contributed by atoms with Crippen molar-refractivity contribution < 1.29 is 0 Å². The van der Waals surface area contributed by atoms with Gasteiger partial charge in [-0.25, -0.2) is 9.97 Å². The quantitative estimate of drug-likeness (QED) is 0.460. The number of hydrogen-bond donors (Lipinski definition) is 0. The standard InChI is InChI=1S/C23H21N3.ClH/c1-17-9-8-12-19(15-17)22-24-21-14-7-6-13-20(21)23(25-22)26(2)16-18-10-4-3-5-11-18;/h3-15H,16H2,1-2H3;1H. The number of para-hydroxylation sites is 1. The second kappa shape index (κ2) is 8.19. The normalized spacial score (nSPS) is 10.4. The lowest BCUT2D eigenvalue weighted by atomic mass is 10.1. The van der Waals surface area contributed by atoms with E-state index in [0.29, 0.717) is 0 Å². The van der Waals surface area contributed by atoms with Gasteiger partial charge in [0.2, 0.25) is 0 Å². The minimum atomic E-state index is 0. The van der Waals surface area contributed by atoms with Crippen molar-refractivity contribution in [1.82, 2.24) is 9.97 Å². The SMILES string of the molecule is Cc1cccc(-c2nc(N(C)Cc3ccccc3)c3ccccc3n2)c1.Cl. The van der Waals surface area contributed by atoms with Crippen LogP contribution >= 0.6 is 12.4 Å². The van der Waals surface area contributed by atoms with Crippen molar-refractivity contribution in [2.75, 3.05) is 11.9 Å². The Hall–Kier alpha value is -2.91. The highest BCUT2D eigenvalue weighted by Crippen LogP contribution is 2.28. The second-order valence-corrected chi connectivity index (χ2v) is 6.60. The van der Waals surface area contributed by atoms with Crippen LogP contribution in [0, 0.1) is 6.92 Å². The molecule has 0 aliphatic carbocycles. The van der Waals surface area contributed by atoms with E-state index in [2.05, 4.69) is 79.5 Å². The van der Waals surface area contributed by atoms with Crippen LogP contribution in [0.2, 0.25) is 0 Å². The molecule has 0 atom stereocenters. The van der Waals surface area contributed by atoms with Crippen LogP contribution in [-0.2, 0) is 6.54 Å². The van der Waals surface area contributed by atoms with E-state index in [9.17, 15) is 0 Å². The van der Waals surface area contributed by atoms with Gasteiger partial charge < -0.3 is 4.90 Å². The van der Waals surface area contributed by atoms with Crippen molar-refractivity contribution >= 4 is 29.1 Å². The molecule has 136 valence electrons. The first-order valence-electron chi connectivity index (χ1n) is 8.79. The number of halogens is 1. The molecule has 0 fully saturated rings. The summed E-state index contributed by atoms with van der Waals surface area (Å²) in [6.07, 6.45) is 0. The van der Waals surface area contributed by atoms with E-state index in [0.717, 1.165) is 34.7 Å². The van der Waals surface area contributed by atoms with Crippen LogP contribution < -0.4 is 4.90 Å². The van der Waals surface area contributed by atoms with Gasteiger partial charge in [-0.1, -0.05) is 66.2 Å². The summed E-state index contributed by atoms with van der Waals surface area (Å²) in [6.45, 7) is 2.89. The molecule has 0 spiro atoms. The van der Waals surface area contributed by atoms with Gasteiger partial charge in [0.05, 0.1) is 5.52 Å². The van der Waals surface area contributed by atoms with Crippen LogP contribution in [-0.4, -0.2) is 17.0 Å². The van der Waals surface area contributed by atoms with Crippen LogP contribution in [0.1, 0.15) is 11.1 Å². The van der Waals surface area contributed by atoms with Gasteiger partial charge in [0.25, 0.3) is 0 Å². The smallest absolute Gasteiger partial charge is 0.162 e. The van der Waals surface area contributed by atoms with Crippen molar-refractivity contribution in [3.8, 4) is 11.4 Å². The van der Waals surface area contributed by atoms with Crippen molar-refractivity contribution in [2.45, 2.75) is 13.5 Å². The number of fused-ring (bicyclic) bond motifs is 1. The Morgan fingerprint density at radius 2 is 1.56 bits per heavy atom. The molecule has 4 rings (SSSR count). The number of hydrogen-bond acceptors (Lipinski definition) is 3. The molecule has 0 saturated carbocycles. The molecule has 0 saturated heterocycles. The van der Waals surface area contributed by atoms with Gasteiger partial charge in [0.15, 0.2) is 5.82 Å². The molecule has 0 bridgehead atoms. The Morgan fingerprint density at radius 1 is 0.815 bits per heavy atom. The molecule has 0 N–H and O–H groups in total. The van der Waals surface area contributed by atoms with Gasteiger partial charge >= 0.3 is 0 Å². The molecule has 1 heterocycles. The van der Waals surface area contributed by atoms with Crippen LogP contribution in [0.15, 0.2) is 78.9 Å². The third kappa shape index (κ3) is 4.09. The van der Waals surface area contributed by atoms with Crippen LogP contribution in [0.4, 0.5) is 5.82 Å². The molecule has 0 aliphatic rings. The Labute approximate surface area is 166 Å². The van der Waals surface area contributed by atoms with E-state index in [1.54, 1.807) is 0 Å². The number of nitrogens with zero attached hydrogens (tertiary/aromatic N) is 3. The zero-order valence-electron chi connectivity index (χ0n) is 15.5. The molecule has 0 radical (unpaired) electrons. The fraction of sp³-hybridized carbons (Fsp3) is 0.130. The van der Waals surface area contributed by atoms with Gasteiger partial charge in [0.1, 0.15) is 5.82 Å².